The molecule has 0 fully saturated rings. The summed E-state index contributed by atoms with van der Waals surface area (Å²) in [6, 6.07) is 23.2. The molecule has 0 aliphatic carbocycles. The summed E-state index contributed by atoms with van der Waals surface area (Å²) >= 11 is 0. The van der Waals surface area contributed by atoms with Crippen molar-refractivity contribution in [2.45, 2.75) is 42.8 Å². The molecule has 0 radical (unpaired) electrons. The first kappa shape index (κ1) is 29.4. The second kappa shape index (κ2) is 14.7. The van der Waals surface area contributed by atoms with E-state index in [1.54, 1.807) is 6.92 Å². The number of sulfone groups is 1. The molecule has 0 spiro atoms. The largest absolute Gasteiger partial charge is 0.481 e. The van der Waals surface area contributed by atoms with E-state index in [9.17, 15) is 18.0 Å². The first-order chi connectivity index (χ1) is 18.9. The van der Waals surface area contributed by atoms with Gasteiger partial charge in [0, 0.05) is 6.54 Å². The highest BCUT2D eigenvalue weighted by Gasteiger charge is 2.33. The van der Waals surface area contributed by atoms with Crippen molar-refractivity contribution in [1.82, 2.24) is 10.8 Å². The average Bonchev–Trinajstić information content (AvgIpc) is 2.95. The Morgan fingerprint density at radius 3 is 2.33 bits per heavy atom. The topological polar surface area (TPSA) is 122 Å². The molecule has 39 heavy (non-hydrogen) atoms. The lowest BCUT2D eigenvalue weighted by atomic mass is 9.97. The zero-order valence-corrected chi connectivity index (χ0v) is 22.5. The smallest absolute Gasteiger partial charge is 0.262 e. The molecular formula is C30H32N2O6S. The molecule has 0 aromatic heterocycles. The van der Waals surface area contributed by atoms with E-state index >= 15 is 0 Å². The zero-order chi connectivity index (χ0) is 28.1. The Labute approximate surface area is 229 Å². The van der Waals surface area contributed by atoms with Crippen LogP contribution in [-0.2, 0) is 25.8 Å². The van der Waals surface area contributed by atoms with E-state index in [1.807, 2.05) is 54.6 Å². The summed E-state index contributed by atoms with van der Waals surface area (Å²) < 4.78 is 31.6. The van der Waals surface area contributed by atoms with E-state index in [0.29, 0.717) is 25.1 Å². The number of hydrogen-bond acceptors (Lipinski definition) is 6. The summed E-state index contributed by atoms with van der Waals surface area (Å²) in [4.78, 5) is 24.8. The van der Waals surface area contributed by atoms with Crippen LogP contribution >= 0.6 is 0 Å². The van der Waals surface area contributed by atoms with Crippen LogP contribution in [-0.4, -0.2) is 43.8 Å². The maximum absolute atomic E-state index is 13.1. The zero-order valence-electron chi connectivity index (χ0n) is 21.7. The van der Waals surface area contributed by atoms with Crippen LogP contribution in [0.25, 0.3) is 11.1 Å². The summed E-state index contributed by atoms with van der Waals surface area (Å²) in [6.07, 6.45) is 0.989. The number of amides is 2. The van der Waals surface area contributed by atoms with Crippen LogP contribution in [0.4, 0.5) is 0 Å². The fourth-order valence-electron chi connectivity index (χ4n) is 4.07. The van der Waals surface area contributed by atoms with Gasteiger partial charge in [0.25, 0.3) is 5.91 Å². The number of hydroxylamine groups is 1. The molecular weight excluding hydrogens is 516 g/mol. The minimum absolute atomic E-state index is 0.0220. The third-order valence-corrected chi connectivity index (χ3v) is 8.21. The van der Waals surface area contributed by atoms with Crippen LogP contribution in [0.15, 0.2) is 83.8 Å². The Bertz CT molecular complexity index is 1410. The fourth-order valence-corrected chi connectivity index (χ4v) is 5.73. The van der Waals surface area contributed by atoms with Gasteiger partial charge >= 0.3 is 0 Å². The number of ether oxygens (including phenoxy) is 1. The SMILES string of the molecule is CC#CCOc1ccc(S(=O)(=O)C(CCCCNC(=O)Cc2ccccc2-c2ccccc2)C(=O)NO)cc1. The van der Waals surface area contributed by atoms with Crippen molar-refractivity contribution < 1.29 is 28.0 Å². The average molecular weight is 549 g/mol. The minimum Gasteiger partial charge on any atom is -0.481 e. The summed E-state index contributed by atoms with van der Waals surface area (Å²) in [6.45, 7) is 2.19. The predicted octanol–water partition coefficient (Wildman–Crippen LogP) is 3.93. The normalized spacial score (nSPS) is 11.5. The van der Waals surface area contributed by atoms with Crippen molar-refractivity contribution in [1.29, 1.82) is 0 Å². The van der Waals surface area contributed by atoms with Gasteiger partial charge in [0.1, 0.15) is 17.6 Å². The van der Waals surface area contributed by atoms with Gasteiger partial charge in [-0.15, -0.1) is 5.92 Å². The quantitative estimate of drug-likeness (QED) is 0.129. The molecule has 0 aliphatic rings. The summed E-state index contributed by atoms with van der Waals surface area (Å²) in [7, 11) is -4.07. The number of nitrogens with one attached hydrogen (secondary N) is 2. The Morgan fingerprint density at radius 1 is 0.949 bits per heavy atom. The van der Waals surface area contributed by atoms with E-state index in [1.165, 1.54) is 29.7 Å². The maximum Gasteiger partial charge on any atom is 0.262 e. The lowest BCUT2D eigenvalue weighted by molar-refractivity contribution is -0.129. The summed E-state index contributed by atoms with van der Waals surface area (Å²) in [5.74, 6) is 4.74. The highest BCUT2D eigenvalue weighted by molar-refractivity contribution is 7.92. The van der Waals surface area contributed by atoms with E-state index < -0.39 is 21.0 Å². The number of hydrogen-bond donors (Lipinski definition) is 3. The number of benzene rings is 3. The number of rotatable bonds is 13. The molecule has 8 nitrogen and oxygen atoms in total. The van der Waals surface area contributed by atoms with E-state index in [4.69, 9.17) is 9.94 Å². The molecule has 204 valence electrons. The van der Waals surface area contributed by atoms with E-state index in [-0.39, 0.29) is 30.3 Å². The van der Waals surface area contributed by atoms with Gasteiger partial charge in [-0.2, -0.15) is 0 Å². The van der Waals surface area contributed by atoms with Gasteiger partial charge < -0.3 is 10.1 Å². The van der Waals surface area contributed by atoms with Gasteiger partial charge in [0.2, 0.25) is 5.91 Å². The number of carbonyl (C=O) groups is 2. The van der Waals surface area contributed by atoms with Crippen LogP contribution < -0.4 is 15.5 Å². The Morgan fingerprint density at radius 2 is 1.64 bits per heavy atom. The van der Waals surface area contributed by atoms with Crippen molar-refractivity contribution in [3.8, 4) is 28.7 Å². The second-order valence-corrected chi connectivity index (χ2v) is 10.9. The highest BCUT2D eigenvalue weighted by atomic mass is 32.2. The van der Waals surface area contributed by atoms with Crippen molar-refractivity contribution in [3.05, 3.63) is 84.4 Å². The molecule has 2 amide bonds. The van der Waals surface area contributed by atoms with Crippen LogP contribution in [0.5, 0.6) is 5.75 Å². The Kier molecular flexibility index (Phi) is 11.1. The predicted molar refractivity (Wildman–Crippen MR) is 149 cm³/mol. The molecule has 3 aromatic rings. The van der Waals surface area contributed by atoms with E-state index in [2.05, 4.69) is 17.2 Å². The molecule has 0 saturated heterocycles. The molecule has 0 aliphatic heterocycles. The first-order valence-corrected chi connectivity index (χ1v) is 14.1. The lowest BCUT2D eigenvalue weighted by Gasteiger charge is -2.16. The van der Waals surface area contributed by atoms with Crippen molar-refractivity contribution in [2.75, 3.05) is 13.2 Å². The van der Waals surface area contributed by atoms with Crippen LogP contribution in [0.1, 0.15) is 31.7 Å². The molecule has 3 aromatic carbocycles. The van der Waals surface area contributed by atoms with Gasteiger partial charge in [-0.25, -0.2) is 13.9 Å². The van der Waals surface area contributed by atoms with Crippen LogP contribution in [0.3, 0.4) is 0 Å². The molecule has 1 atom stereocenters. The summed E-state index contributed by atoms with van der Waals surface area (Å²) in [5, 5.41) is 10.5. The van der Waals surface area contributed by atoms with Gasteiger partial charge in [-0.05, 0) is 67.1 Å². The molecule has 1 unspecified atom stereocenters. The third-order valence-electron chi connectivity index (χ3n) is 6.09. The van der Waals surface area contributed by atoms with Crippen LogP contribution in [0, 0.1) is 11.8 Å². The maximum atomic E-state index is 13.1. The second-order valence-electron chi connectivity index (χ2n) is 8.74. The van der Waals surface area contributed by atoms with Crippen molar-refractivity contribution >= 4 is 21.7 Å². The first-order valence-electron chi connectivity index (χ1n) is 12.6. The lowest BCUT2D eigenvalue weighted by Crippen LogP contribution is -2.38. The Balaban J connectivity index is 1.53. The van der Waals surface area contributed by atoms with Gasteiger partial charge in [0.15, 0.2) is 9.84 Å². The summed E-state index contributed by atoms with van der Waals surface area (Å²) in [5.41, 5.74) is 4.39. The van der Waals surface area contributed by atoms with Crippen LogP contribution in [0.2, 0.25) is 0 Å². The molecule has 9 heteroatoms. The highest BCUT2D eigenvalue weighted by Crippen LogP contribution is 2.24. The molecule has 0 saturated carbocycles. The molecule has 3 rings (SSSR count). The minimum atomic E-state index is -4.07. The Hall–Kier alpha value is -4.13. The van der Waals surface area contributed by atoms with Crippen molar-refractivity contribution in [2.24, 2.45) is 0 Å². The number of carbonyl (C=O) groups excluding carboxylic acids is 2. The van der Waals surface area contributed by atoms with Gasteiger partial charge in [-0.3, -0.25) is 14.8 Å². The van der Waals surface area contributed by atoms with Gasteiger partial charge in [0.05, 0.1) is 11.3 Å². The molecule has 0 heterocycles. The standard InChI is InChI=1S/C30H32N2O6S/c1-2-3-21-38-25-16-18-26(19-17-25)39(36,37)28(30(34)32-35)15-9-10-20-31-29(33)22-24-13-7-8-14-27(24)23-11-5-4-6-12-23/h4-8,11-14,16-19,28,35H,9-10,15,20-22H2,1H3,(H,31,33)(H,32,34). The molecule has 0 bridgehead atoms. The van der Waals surface area contributed by atoms with Crippen molar-refractivity contribution in [3.63, 3.8) is 0 Å². The molecule has 3 N–H and O–H groups in total. The van der Waals surface area contributed by atoms with E-state index in [0.717, 1.165) is 16.7 Å². The van der Waals surface area contributed by atoms with Gasteiger partial charge in [-0.1, -0.05) is 60.5 Å². The fraction of sp³-hybridized carbons (Fsp3) is 0.267. The number of unbranched alkanes of at least 4 members (excludes halogenated alkanes) is 1. The third kappa shape index (κ3) is 8.43. The monoisotopic (exact) mass is 548 g/mol.